The molecule has 0 atom stereocenters. The Morgan fingerprint density at radius 3 is 2.52 bits per heavy atom. The Balaban J connectivity index is 1.50. The van der Waals surface area contributed by atoms with Crippen molar-refractivity contribution in [1.29, 1.82) is 0 Å². The van der Waals surface area contributed by atoms with E-state index in [0.29, 0.717) is 41.8 Å². The van der Waals surface area contributed by atoms with Crippen molar-refractivity contribution in [1.82, 2.24) is 19.8 Å². The standard InChI is InChI=1S/C23H34N4O4/c1-4-5-10-26-12-8-17(9-13-26)25-22(28)7-6-11-27-16-24-19-15-21(31-3)20(30-2)14-18(19)23(27)29/h14-17H,4-13H2,1-3H3,(H,25,28). The van der Waals surface area contributed by atoms with Gasteiger partial charge in [0.1, 0.15) is 0 Å². The summed E-state index contributed by atoms with van der Waals surface area (Å²) >= 11 is 0. The largest absolute Gasteiger partial charge is 0.493 e. The van der Waals surface area contributed by atoms with E-state index in [1.165, 1.54) is 26.3 Å². The number of unbranched alkanes of at least 4 members (excludes halogenated alkanes) is 1. The van der Waals surface area contributed by atoms with Crippen LogP contribution in [-0.2, 0) is 11.3 Å². The second kappa shape index (κ2) is 11.1. The fourth-order valence-corrected chi connectivity index (χ4v) is 4.04. The van der Waals surface area contributed by atoms with Crippen molar-refractivity contribution in [2.24, 2.45) is 0 Å². The molecule has 8 nitrogen and oxygen atoms in total. The van der Waals surface area contributed by atoms with Gasteiger partial charge in [-0.05, 0) is 38.3 Å². The number of hydrogen-bond acceptors (Lipinski definition) is 6. The number of aryl methyl sites for hydroxylation is 1. The second-order valence-electron chi connectivity index (χ2n) is 8.11. The van der Waals surface area contributed by atoms with Crippen LogP contribution in [0.4, 0.5) is 0 Å². The lowest BCUT2D eigenvalue weighted by atomic mass is 10.0. The third-order valence-electron chi connectivity index (χ3n) is 5.91. The normalized spacial score (nSPS) is 15.2. The monoisotopic (exact) mass is 430 g/mol. The number of aromatic nitrogens is 2. The summed E-state index contributed by atoms with van der Waals surface area (Å²) in [5.74, 6) is 1.08. The molecule has 1 saturated heterocycles. The number of rotatable bonds is 10. The Bertz CT molecular complexity index is 935. The van der Waals surface area contributed by atoms with E-state index in [1.807, 2.05) is 0 Å². The van der Waals surface area contributed by atoms with Gasteiger partial charge < -0.3 is 19.7 Å². The van der Waals surface area contributed by atoms with Gasteiger partial charge in [-0.15, -0.1) is 0 Å². The maximum atomic E-state index is 12.8. The first-order valence-corrected chi connectivity index (χ1v) is 11.2. The number of carbonyl (C=O) groups excluding carboxylic acids is 1. The van der Waals surface area contributed by atoms with Crippen molar-refractivity contribution in [3.8, 4) is 11.5 Å². The van der Waals surface area contributed by atoms with Gasteiger partial charge in [0, 0.05) is 38.2 Å². The molecule has 31 heavy (non-hydrogen) atoms. The number of nitrogens with one attached hydrogen (secondary N) is 1. The Morgan fingerprint density at radius 1 is 1.13 bits per heavy atom. The molecule has 1 aliphatic rings. The molecule has 1 fully saturated rings. The molecule has 2 aromatic rings. The number of fused-ring (bicyclic) bond motifs is 1. The average molecular weight is 431 g/mol. The Kier molecular flexibility index (Phi) is 8.28. The molecule has 1 aromatic carbocycles. The van der Waals surface area contributed by atoms with E-state index < -0.39 is 0 Å². The molecule has 2 heterocycles. The zero-order valence-electron chi connectivity index (χ0n) is 18.9. The van der Waals surface area contributed by atoms with Crippen molar-refractivity contribution in [2.45, 2.75) is 58.0 Å². The van der Waals surface area contributed by atoms with Crippen LogP contribution in [0.5, 0.6) is 11.5 Å². The van der Waals surface area contributed by atoms with Crippen LogP contribution in [0.2, 0.25) is 0 Å². The zero-order valence-corrected chi connectivity index (χ0v) is 18.9. The molecule has 0 saturated carbocycles. The first kappa shape index (κ1) is 23.1. The lowest BCUT2D eigenvalue weighted by Crippen LogP contribution is -2.44. The number of nitrogens with zero attached hydrogens (tertiary/aromatic N) is 3. The second-order valence-corrected chi connectivity index (χ2v) is 8.11. The highest BCUT2D eigenvalue weighted by atomic mass is 16.5. The van der Waals surface area contributed by atoms with Crippen LogP contribution in [0.15, 0.2) is 23.3 Å². The molecule has 1 aliphatic heterocycles. The fourth-order valence-electron chi connectivity index (χ4n) is 4.04. The molecule has 0 radical (unpaired) electrons. The van der Waals surface area contributed by atoms with Gasteiger partial charge in [-0.2, -0.15) is 0 Å². The molecule has 1 amide bonds. The van der Waals surface area contributed by atoms with Crippen LogP contribution < -0.4 is 20.3 Å². The van der Waals surface area contributed by atoms with Gasteiger partial charge in [-0.25, -0.2) is 4.98 Å². The highest BCUT2D eigenvalue weighted by Gasteiger charge is 2.20. The molecule has 170 valence electrons. The molecule has 1 aromatic heterocycles. The molecule has 3 rings (SSSR count). The summed E-state index contributed by atoms with van der Waals surface area (Å²) < 4.78 is 12.1. The lowest BCUT2D eigenvalue weighted by Gasteiger charge is -2.32. The van der Waals surface area contributed by atoms with Gasteiger partial charge in [-0.1, -0.05) is 13.3 Å². The molecule has 0 aliphatic carbocycles. The van der Waals surface area contributed by atoms with Gasteiger partial charge in [0.15, 0.2) is 11.5 Å². The van der Waals surface area contributed by atoms with Crippen LogP contribution in [0, 0.1) is 0 Å². The molecule has 0 bridgehead atoms. The first-order valence-electron chi connectivity index (χ1n) is 11.2. The molecule has 0 unspecified atom stereocenters. The number of likely N-dealkylation sites (tertiary alicyclic amines) is 1. The van der Waals surface area contributed by atoms with E-state index in [4.69, 9.17) is 9.47 Å². The fraction of sp³-hybridized carbons (Fsp3) is 0.609. The maximum Gasteiger partial charge on any atom is 0.261 e. The smallest absolute Gasteiger partial charge is 0.261 e. The van der Waals surface area contributed by atoms with Gasteiger partial charge in [0.05, 0.1) is 31.4 Å². The Labute approximate surface area is 183 Å². The number of piperidine rings is 1. The predicted molar refractivity (Wildman–Crippen MR) is 121 cm³/mol. The van der Waals surface area contributed by atoms with Gasteiger partial charge in [-0.3, -0.25) is 14.2 Å². The van der Waals surface area contributed by atoms with Crippen LogP contribution in [-0.4, -0.2) is 60.3 Å². The topological polar surface area (TPSA) is 85.7 Å². The summed E-state index contributed by atoms with van der Waals surface area (Å²) in [5.41, 5.74) is 0.410. The molecule has 1 N–H and O–H groups in total. The van der Waals surface area contributed by atoms with Gasteiger partial charge >= 0.3 is 0 Å². The van der Waals surface area contributed by atoms with E-state index in [2.05, 4.69) is 22.1 Å². The summed E-state index contributed by atoms with van der Waals surface area (Å²) in [6.07, 6.45) is 6.98. The zero-order chi connectivity index (χ0) is 22.2. The van der Waals surface area contributed by atoms with E-state index in [-0.39, 0.29) is 17.5 Å². The Hall–Kier alpha value is -2.61. The van der Waals surface area contributed by atoms with E-state index in [9.17, 15) is 9.59 Å². The number of methoxy groups -OCH3 is 2. The minimum absolute atomic E-state index is 0.0558. The van der Waals surface area contributed by atoms with Crippen LogP contribution in [0.1, 0.15) is 45.4 Å². The van der Waals surface area contributed by atoms with Gasteiger partial charge in [0.25, 0.3) is 5.56 Å². The molecule has 0 spiro atoms. The quantitative estimate of drug-likeness (QED) is 0.624. The van der Waals surface area contributed by atoms with Crippen LogP contribution in [0.25, 0.3) is 10.9 Å². The Morgan fingerprint density at radius 2 is 1.84 bits per heavy atom. The van der Waals surface area contributed by atoms with Crippen LogP contribution in [0.3, 0.4) is 0 Å². The molecule has 8 heteroatoms. The number of hydrogen-bond donors (Lipinski definition) is 1. The summed E-state index contributed by atoms with van der Waals surface area (Å²) in [4.78, 5) is 32.0. The third-order valence-corrected chi connectivity index (χ3v) is 5.91. The van der Waals surface area contributed by atoms with Crippen molar-refractivity contribution in [3.63, 3.8) is 0 Å². The highest BCUT2D eigenvalue weighted by Crippen LogP contribution is 2.29. The molecular formula is C23H34N4O4. The number of benzene rings is 1. The lowest BCUT2D eigenvalue weighted by molar-refractivity contribution is -0.122. The van der Waals surface area contributed by atoms with Crippen molar-refractivity contribution in [3.05, 3.63) is 28.8 Å². The number of amides is 1. The van der Waals surface area contributed by atoms with Crippen LogP contribution >= 0.6 is 0 Å². The summed E-state index contributed by atoms with van der Waals surface area (Å²) in [5, 5.41) is 3.63. The first-order chi connectivity index (χ1) is 15.0. The van der Waals surface area contributed by atoms with E-state index >= 15 is 0 Å². The maximum absolute atomic E-state index is 12.8. The summed E-state index contributed by atoms with van der Waals surface area (Å²) in [6, 6.07) is 3.61. The predicted octanol–water partition coefficient (Wildman–Crippen LogP) is 2.57. The number of ether oxygens (including phenoxy) is 2. The van der Waals surface area contributed by atoms with Crippen molar-refractivity contribution in [2.75, 3.05) is 33.9 Å². The highest BCUT2D eigenvalue weighted by molar-refractivity contribution is 5.81. The minimum Gasteiger partial charge on any atom is -0.493 e. The minimum atomic E-state index is -0.147. The third kappa shape index (κ3) is 5.97. The SMILES string of the molecule is CCCCN1CCC(NC(=O)CCCn2cnc3cc(OC)c(OC)cc3c2=O)CC1. The van der Waals surface area contributed by atoms with Crippen molar-refractivity contribution < 1.29 is 14.3 Å². The van der Waals surface area contributed by atoms with E-state index in [0.717, 1.165) is 32.5 Å². The van der Waals surface area contributed by atoms with Crippen molar-refractivity contribution >= 4 is 16.8 Å². The summed E-state index contributed by atoms with van der Waals surface area (Å²) in [6.45, 7) is 5.92. The van der Waals surface area contributed by atoms with Gasteiger partial charge in [0.2, 0.25) is 5.91 Å². The number of carbonyl (C=O) groups is 1. The van der Waals surface area contributed by atoms with E-state index in [1.54, 1.807) is 23.8 Å². The summed E-state index contributed by atoms with van der Waals surface area (Å²) in [7, 11) is 3.08. The average Bonchev–Trinajstić information content (AvgIpc) is 2.79. The molecular weight excluding hydrogens is 396 g/mol.